The number of aliphatic hydroxyl groups excluding tert-OH is 2. The predicted octanol–water partition coefficient (Wildman–Crippen LogP) is 4.17. The number of β-amino-alcohol motifs (C(OH)–C–C–N with tert-alkyl or cyclic N) is 1. The zero-order valence-electron chi connectivity index (χ0n) is 32.3. The number of carbonyl (C=O) groups is 2. The van der Waals surface area contributed by atoms with Crippen LogP contribution in [0.15, 0.2) is 77.5 Å². The van der Waals surface area contributed by atoms with E-state index in [1.165, 1.54) is 7.11 Å². The van der Waals surface area contributed by atoms with Crippen molar-refractivity contribution in [2.75, 3.05) is 46.4 Å². The molecule has 4 N–H and O–H groups in total. The van der Waals surface area contributed by atoms with Gasteiger partial charge in [-0.2, -0.15) is 13.2 Å². The van der Waals surface area contributed by atoms with Crippen LogP contribution in [-0.4, -0.2) is 113 Å². The predicted molar refractivity (Wildman–Crippen MR) is 203 cm³/mol. The highest BCUT2D eigenvalue weighted by atomic mass is 19.4. The third-order valence-electron chi connectivity index (χ3n) is 10.6. The van der Waals surface area contributed by atoms with Crippen LogP contribution in [0.5, 0.6) is 11.5 Å². The zero-order valence-corrected chi connectivity index (χ0v) is 32.3. The maximum atomic E-state index is 14.0. The fourth-order valence-corrected chi connectivity index (χ4v) is 7.46. The molecule has 16 heteroatoms. The summed E-state index contributed by atoms with van der Waals surface area (Å²) in [6.45, 7) is 4.46. The number of oxazole rings is 1. The first-order chi connectivity index (χ1) is 27.1. The number of amides is 2. The Labute approximate surface area is 329 Å². The molecule has 0 saturated carbocycles. The topological polar surface area (TPSA) is 163 Å². The first-order valence-corrected chi connectivity index (χ1v) is 18.9. The quantitative estimate of drug-likeness (QED) is 0.145. The number of rotatable bonds is 14. The van der Waals surface area contributed by atoms with Gasteiger partial charge in [0.2, 0.25) is 17.7 Å². The Kier molecular flexibility index (Phi) is 12.9. The number of methoxy groups -OCH3 is 1. The lowest BCUT2D eigenvalue weighted by atomic mass is 9.90. The fourth-order valence-electron chi connectivity index (χ4n) is 7.46. The van der Waals surface area contributed by atoms with Gasteiger partial charge < -0.3 is 34.7 Å². The van der Waals surface area contributed by atoms with Crippen molar-refractivity contribution in [1.82, 2.24) is 30.4 Å². The van der Waals surface area contributed by atoms with E-state index >= 15 is 0 Å². The highest BCUT2D eigenvalue weighted by Crippen LogP contribution is 2.36. The van der Waals surface area contributed by atoms with Crippen molar-refractivity contribution in [2.24, 2.45) is 5.92 Å². The number of pyridine rings is 1. The van der Waals surface area contributed by atoms with Gasteiger partial charge in [-0.05, 0) is 51.3 Å². The van der Waals surface area contributed by atoms with Crippen LogP contribution in [0.4, 0.5) is 13.2 Å². The highest BCUT2D eigenvalue weighted by Gasteiger charge is 2.43. The molecule has 0 bridgehead atoms. The van der Waals surface area contributed by atoms with E-state index in [0.29, 0.717) is 46.5 Å². The van der Waals surface area contributed by atoms with Crippen LogP contribution in [0.2, 0.25) is 0 Å². The van der Waals surface area contributed by atoms with Crippen molar-refractivity contribution < 1.29 is 46.9 Å². The standard InChI is InChI=1S/C41H49F3N6O7/c1-25-36(28-18-30(55-4)20-45-19-28)57-39(47-25)40(2,3)50-15-14-49(32(22-50)38(54)46-24-41(42,43)44)21-29(51)17-27(16-26-10-6-5-7-11-26)37(53)48-35-31-12-8-9-13-34(31)56-23-33(35)52/h5-13,18-20,27,29,32-33,35,51-52H,14-17,21-24H2,1-4H3,(H,46,54)(H,48,53)/t27?,29-,32-,33+,35-/m0/s1. The van der Waals surface area contributed by atoms with Crippen molar-refractivity contribution in [3.05, 3.63) is 95.8 Å². The number of halogens is 3. The lowest BCUT2D eigenvalue weighted by Gasteiger charge is -2.46. The van der Waals surface area contributed by atoms with Crippen LogP contribution in [0.25, 0.3) is 11.3 Å². The van der Waals surface area contributed by atoms with E-state index in [9.17, 15) is 33.0 Å². The van der Waals surface area contributed by atoms with Crippen molar-refractivity contribution in [2.45, 2.75) is 69.6 Å². The molecule has 4 aromatic rings. The second kappa shape index (κ2) is 17.6. The molecule has 1 unspecified atom stereocenters. The lowest BCUT2D eigenvalue weighted by Crippen LogP contribution is -2.63. The van der Waals surface area contributed by atoms with E-state index in [0.717, 1.165) is 5.56 Å². The first kappa shape index (κ1) is 41.6. The van der Waals surface area contributed by atoms with Gasteiger partial charge in [-0.3, -0.25) is 24.4 Å². The number of hydrogen-bond donors (Lipinski definition) is 4. The third-order valence-corrected chi connectivity index (χ3v) is 10.6. The molecule has 6 rings (SSSR count). The summed E-state index contributed by atoms with van der Waals surface area (Å²) in [5.41, 5.74) is 1.82. The molecule has 0 aliphatic carbocycles. The molecule has 13 nitrogen and oxygen atoms in total. The van der Waals surface area contributed by atoms with Gasteiger partial charge in [0.05, 0.1) is 36.7 Å². The van der Waals surface area contributed by atoms with Gasteiger partial charge in [0, 0.05) is 49.4 Å². The summed E-state index contributed by atoms with van der Waals surface area (Å²) in [4.78, 5) is 40.0. The van der Waals surface area contributed by atoms with E-state index in [2.05, 4.69) is 10.3 Å². The van der Waals surface area contributed by atoms with Gasteiger partial charge in [-0.25, -0.2) is 4.98 Å². The second-order valence-corrected chi connectivity index (χ2v) is 15.1. The van der Waals surface area contributed by atoms with Gasteiger partial charge in [0.1, 0.15) is 36.8 Å². The van der Waals surface area contributed by atoms with Gasteiger partial charge in [0.15, 0.2) is 5.76 Å². The van der Waals surface area contributed by atoms with Gasteiger partial charge in [-0.1, -0.05) is 48.5 Å². The minimum atomic E-state index is -4.63. The lowest BCUT2D eigenvalue weighted by molar-refractivity contribution is -0.144. The minimum absolute atomic E-state index is 0.00410. The van der Waals surface area contributed by atoms with E-state index in [1.54, 1.807) is 54.5 Å². The summed E-state index contributed by atoms with van der Waals surface area (Å²) >= 11 is 0. The summed E-state index contributed by atoms with van der Waals surface area (Å²) in [5, 5.41) is 27.4. The minimum Gasteiger partial charge on any atom is -0.495 e. The average Bonchev–Trinajstić information content (AvgIpc) is 3.60. The molecule has 4 heterocycles. The third kappa shape index (κ3) is 10.1. The zero-order chi connectivity index (χ0) is 40.9. The van der Waals surface area contributed by atoms with Crippen LogP contribution in [0.1, 0.15) is 49.0 Å². The second-order valence-electron chi connectivity index (χ2n) is 15.1. The van der Waals surface area contributed by atoms with E-state index in [1.807, 2.05) is 54.4 Å². The van der Waals surface area contributed by atoms with Crippen LogP contribution in [0.3, 0.4) is 0 Å². The number of aromatic nitrogens is 2. The normalized spacial score (nSPS) is 20.2. The highest BCUT2D eigenvalue weighted by molar-refractivity contribution is 5.82. The summed E-state index contributed by atoms with van der Waals surface area (Å²) in [5.74, 6) is -0.0937. The monoisotopic (exact) mass is 794 g/mol. The Hall–Kier alpha value is -5.03. The van der Waals surface area contributed by atoms with Crippen molar-refractivity contribution in [3.63, 3.8) is 0 Å². The molecule has 2 aliphatic rings. The molecule has 57 heavy (non-hydrogen) atoms. The number of aliphatic hydroxyl groups is 2. The van der Waals surface area contributed by atoms with Crippen LogP contribution in [0, 0.1) is 12.8 Å². The summed E-state index contributed by atoms with van der Waals surface area (Å²) in [6, 6.07) is 16.4. The molecule has 5 atom stereocenters. The van der Waals surface area contributed by atoms with E-state index < -0.39 is 60.3 Å². The van der Waals surface area contributed by atoms with Gasteiger partial charge in [-0.15, -0.1) is 0 Å². The molecule has 0 radical (unpaired) electrons. The molecule has 306 valence electrons. The fraction of sp³-hybridized carbons (Fsp3) is 0.463. The molecule has 1 fully saturated rings. The Balaban J connectivity index is 1.20. The molecule has 0 spiro atoms. The van der Waals surface area contributed by atoms with Crippen LogP contribution in [-0.2, 0) is 21.5 Å². The molecule has 2 aromatic carbocycles. The van der Waals surface area contributed by atoms with Gasteiger partial charge >= 0.3 is 6.18 Å². The SMILES string of the molecule is COc1cncc(-c2oc(C(C)(C)N3CCN(C[C@@H](O)CC(Cc4ccccc4)C(=O)N[C@H]4c5ccccc5OC[C@H]4O)[C@H](C(=O)NCC(F)(F)F)C3)nc2C)c1. The number of nitrogens with one attached hydrogen (secondary N) is 2. The van der Waals surface area contributed by atoms with E-state index in [4.69, 9.17) is 18.9 Å². The molecular weight excluding hydrogens is 745 g/mol. The number of ether oxygens (including phenoxy) is 2. The molecular formula is C41H49F3N6O7. The smallest absolute Gasteiger partial charge is 0.405 e. The Bertz CT molecular complexity index is 1990. The Morgan fingerprint density at radius 2 is 1.81 bits per heavy atom. The summed E-state index contributed by atoms with van der Waals surface area (Å²) in [7, 11) is 1.53. The first-order valence-electron chi connectivity index (χ1n) is 18.9. The Morgan fingerprint density at radius 3 is 2.54 bits per heavy atom. The Morgan fingerprint density at radius 1 is 1.07 bits per heavy atom. The number of para-hydroxylation sites is 1. The molecule has 2 amide bonds. The van der Waals surface area contributed by atoms with Crippen molar-refractivity contribution in [3.8, 4) is 22.8 Å². The van der Waals surface area contributed by atoms with E-state index in [-0.39, 0.29) is 39.1 Å². The maximum absolute atomic E-state index is 14.0. The number of nitrogens with zero attached hydrogens (tertiary/aromatic N) is 4. The number of hydrogen-bond acceptors (Lipinski definition) is 11. The number of aryl methyl sites for hydroxylation is 1. The summed E-state index contributed by atoms with van der Waals surface area (Å²) < 4.78 is 57.1. The molecule has 2 aromatic heterocycles. The van der Waals surface area contributed by atoms with Crippen molar-refractivity contribution in [1.29, 1.82) is 0 Å². The summed E-state index contributed by atoms with van der Waals surface area (Å²) in [6.07, 6.45) is -3.36. The number of benzene rings is 2. The van der Waals surface area contributed by atoms with Gasteiger partial charge in [0.25, 0.3) is 0 Å². The molecule has 2 aliphatic heterocycles. The maximum Gasteiger partial charge on any atom is 0.405 e. The largest absolute Gasteiger partial charge is 0.495 e. The average molecular weight is 795 g/mol. The number of piperazine rings is 1. The van der Waals surface area contributed by atoms with Crippen LogP contribution < -0.4 is 20.1 Å². The number of alkyl halides is 3. The molecule has 1 saturated heterocycles. The number of fused-ring (bicyclic) bond motifs is 1. The van der Waals surface area contributed by atoms with Crippen LogP contribution >= 0.6 is 0 Å². The number of carbonyl (C=O) groups excluding carboxylic acids is 2. The van der Waals surface area contributed by atoms with Crippen molar-refractivity contribution >= 4 is 11.8 Å².